The number of methoxy groups -OCH3 is 1. The first-order valence-corrected chi connectivity index (χ1v) is 5.86. The molecule has 0 aromatic carbocycles. The zero-order valence-electron chi connectivity index (χ0n) is 10.8. The fourth-order valence-corrected chi connectivity index (χ4v) is 1.95. The Labute approximate surface area is 97.9 Å². The van der Waals surface area contributed by atoms with Crippen molar-refractivity contribution >= 4 is 5.91 Å². The van der Waals surface area contributed by atoms with E-state index in [-0.39, 0.29) is 5.91 Å². The minimum Gasteiger partial charge on any atom is -0.381 e. The van der Waals surface area contributed by atoms with Gasteiger partial charge in [0.05, 0.1) is 0 Å². The van der Waals surface area contributed by atoms with E-state index in [0.29, 0.717) is 5.92 Å². The fraction of sp³-hybridized carbons (Fsp3) is 0.917. The van der Waals surface area contributed by atoms with Crippen LogP contribution in [0.3, 0.4) is 0 Å². The van der Waals surface area contributed by atoms with Gasteiger partial charge in [0.15, 0.2) is 0 Å². The summed E-state index contributed by atoms with van der Waals surface area (Å²) in [5, 5.41) is 0. The quantitative estimate of drug-likeness (QED) is 0.729. The minimum atomic E-state index is -0.722. The van der Waals surface area contributed by atoms with Crippen molar-refractivity contribution in [3.05, 3.63) is 0 Å². The first-order chi connectivity index (χ1) is 7.47. The molecule has 0 aromatic heterocycles. The molecule has 0 spiro atoms. The fourth-order valence-electron chi connectivity index (χ4n) is 1.95. The Morgan fingerprint density at radius 1 is 1.44 bits per heavy atom. The van der Waals surface area contributed by atoms with Crippen LogP contribution in [-0.2, 0) is 14.3 Å². The molecular weight excluding hydrogens is 206 g/mol. The van der Waals surface area contributed by atoms with E-state index in [1.807, 2.05) is 7.05 Å². The van der Waals surface area contributed by atoms with Crippen molar-refractivity contribution in [3.8, 4) is 0 Å². The number of amides is 1. The molecule has 0 N–H and O–H groups in total. The summed E-state index contributed by atoms with van der Waals surface area (Å²) in [6.45, 7) is 6.04. The standard InChI is InChI=1S/C12H23NO3/c1-12(2,15-4)11(14)13(3)9-10-5-7-16-8-6-10/h10H,5-9H2,1-4H3. The SMILES string of the molecule is COC(C)(C)C(=O)N(C)CC1CCOCC1. The second-order valence-corrected chi connectivity index (χ2v) is 4.96. The maximum Gasteiger partial charge on any atom is 0.253 e. The molecule has 1 fully saturated rings. The Balaban J connectivity index is 2.44. The highest BCUT2D eigenvalue weighted by molar-refractivity contribution is 5.84. The third-order valence-electron chi connectivity index (χ3n) is 3.24. The topological polar surface area (TPSA) is 38.8 Å². The van der Waals surface area contributed by atoms with Crippen LogP contribution in [0.2, 0.25) is 0 Å². The van der Waals surface area contributed by atoms with Crippen LogP contribution in [0.4, 0.5) is 0 Å². The Hall–Kier alpha value is -0.610. The summed E-state index contributed by atoms with van der Waals surface area (Å²) < 4.78 is 10.5. The predicted molar refractivity (Wildman–Crippen MR) is 62.3 cm³/mol. The molecule has 1 aliphatic rings. The Morgan fingerprint density at radius 2 is 2.00 bits per heavy atom. The number of carbonyl (C=O) groups excluding carboxylic acids is 1. The largest absolute Gasteiger partial charge is 0.381 e. The Morgan fingerprint density at radius 3 is 2.50 bits per heavy atom. The number of carbonyl (C=O) groups is 1. The van der Waals surface area contributed by atoms with E-state index in [2.05, 4.69) is 0 Å². The van der Waals surface area contributed by atoms with Gasteiger partial charge in [0.25, 0.3) is 5.91 Å². The highest BCUT2D eigenvalue weighted by Crippen LogP contribution is 2.18. The number of hydrogen-bond acceptors (Lipinski definition) is 3. The lowest BCUT2D eigenvalue weighted by molar-refractivity contribution is -0.150. The molecular formula is C12H23NO3. The van der Waals surface area contributed by atoms with Gasteiger partial charge in [-0.3, -0.25) is 4.79 Å². The molecule has 4 nitrogen and oxygen atoms in total. The van der Waals surface area contributed by atoms with Gasteiger partial charge in [0, 0.05) is 33.9 Å². The molecule has 1 aliphatic heterocycles. The highest BCUT2D eigenvalue weighted by atomic mass is 16.5. The normalized spacial score (nSPS) is 18.5. The minimum absolute atomic E-state index is 0.0430. The van der Waals surface area contributed by atoms with Gasteiger partial charge in [0.1, 0.15) is 5.60 Å². The third kappa shape index (κ3) is 3.46. The molecule has 0 bridgehead atoms. The lowest BCUT2D eigenvalue weighted by Crippen LogP contribution is -2.46. The van der Waals surface area contributed by atoms with E-state index in [1.165, 1.54) is 0 Å². The van der Waals surface area contributed by atoms with Crippen LogP contribution in [0.15, 0.2) is 0 Å². The van der Waals surface area contributed by atoms with Crippen molar-refractivity contribution < 1.29 is 14.3 Å². The van der Waals surface area contributed by atoms with E-state index >= 15 is 0 Å². The van der Waals surface area contributed by atoms with Crippen molar-refractivity contribution in [3.63, 3.8) is 0 Å². The van der Waals surface area contributed by atoms with Crippen LogP contribution in [0.5, 0.6) is 0 Å². The van der Waals surface area contributed by atoms with Crippen LogP contribution in [0, 0.1) is 5.92 Å². The molecule has 0 unspecified atom stereocenters. The van der Waals surface area contributed by atoms with E-state index in [9.17, 15) is 4.79 Å². The number of likely N-dealkylation sites (N-methyl/N-ethyl adjacent to an activating group) is 1. The van der Waals surface area contributed by atoms with Crippen LogP contribution in [0.25, 0.3) is 0 Å². The first kappa shape index (κ1) is 13.5. The van der Waals surface area contributed by atoms with Gasteiger partial charge >= 0.3 is 0 Å². The van der Waals surface area contributed by atoms with E-state index < -0.39 is 5.60 Å². The molecule has 4 heteroatoms. The van der Waals surface area contributed by atoms with Gasteiger partial charge < -0.3 is 14.4 Å². The molecule has 94 valence electrons. The van der Waals surface area contributed by atoms with Gasteiger partial charge in [0.2, 0.25) is 0 Å². The molecule has 1 rings (SSSR count). The van der Waals surface area contributed by atoms with Crippen molar-refractivity contribution in [2.45, 2.75) is 32.3 Å². The highest BCUT2D eigenvalue weighted by Gasteiger charge is 2.31. The molecule has 0 aromatic rings. The van der Waals surface area contributed by atoms with E-state index in [1.54, 1.807) is 25.9 Å². The summed E-state index contributed by atoms with van der Waals surface area (Å²) in [6, 6.07) is 0. The first-order valence-electron chi connectivity index (χ1n) is 5.86. The number of hydrogen-bond donors (Lipinski definition) is 0. The zero-order chi connectivity index (χ0) is 12.2. The van der Waals surface area contributed by atoms with Gasteiger partial charge in [-0.1, -0.05) is 0 Å². The summed E-state index contributed by atoms with van der Waals surface area (Å²) in [5.74, 6) is 0.608. The van der Waals surface area contributed by atoms with Crippen LogP contribution in [0.1, 0.15) is 26.7 Å². The number of nitrogens with zero attached hydrogens (tertiary/aromatic N) is 1. The summed E-state index contributed by atoms with van der Waals surface area (Å²) >= 11 is 0. The molecule has 0 saturated carbocycles. The second-order valence-electron chi connectivity index (χ2n) is 4.96. The molecule has 0 atom stereocenters. The summed E-state index contributed by atoms with van der Waals surface area (Å²) in [6.07, 6.45) is 2.09. The lowest BCUT2D eigenvalue weighted by atomic mass is 9.99. The van der Waals surface area contributed by atoms with Gasteiger partial charge in [-0.25, -0.2) is 0 Å². The van der Waals surface area contributed by atoms with Crippen molar-refractivity contribution in [1.82, 2.24) is 4.90 Å². The smallest absolute Gasteiger partial charge is 0.253 e. The predicted octanol–water partition coefficient (Wildman–Crippen LogP) is 1.30. The molecule has 1 amide bonds. The molecule has 16 heavy (non-hydrogen) atoms. The van der Waals surface area contributed by atoms with Crippen LogP contribution in [-0.4, -0.2) is 50.3 Å². The third-order valence-corrected chi connectivity index (χ3v) is 3.24. The van der Waals surface area contributed by atoms with Gasteiger partial charge in [-0.05, 0) is 32.6 Å². The van der Waals surface area contributed by atoms with Crippen LogP contribution < -0.4 is 0 Å². The molecule has 1 heterocycles. The average Bonchev–Trinajstić information content (AvgIpc) is 2.29. The Bertz CT molecular complexity index is 234. The zero-order valence-corrected chi connectivity index (χ0v) is 10.8. The van der Waals surface area contributed by atoms with Crippen molar-refractivity contribution in [1.29, 1.82) is 0 Å². The maximum absolute atomic E-state index is 12.0. The van der Waals surface area contributed by atoms with Crippen molar-refractivity contribution in [2.24, 2.45) is 5.92 Å². The summed E-state index contributed by atoms with van der Waals surface area (Å²) in [4.78, 5) is 13.8. The summed E-state index contributed by atoms with van der Waals surface area (Å²) in [7, 11) is 3.42. The second kappa shape index (κ2) is 5.64. The average molecular weight is 229 g/mol. The molecule has 0 aliphatic carbocycles. The maximum atomic E-state index is 12.0. The lowest BCUT2D eigenvalue weighted by Gasteiger charge is -2.32. The van der Waals surface area contributed by atoms with Crippen LogP contribution >= 0.6 is 0 Å². The van der Waals surface area contributed by atoms with E-state index in [0.717, 1.165) is 32.6 Å². The van der Waals surface area contributed by atoms with Gasteiger partial charge in [-0.15, -0.1) is 0 Å². The van der Waals surface area contributed by atoms with E-state index in [4.69, 9.17) is 9.47 Å². The summed E-state index contributed by atoms with van der Waals surface area (Å²) in [5.41, 5.74) is -0.722. The number of rotatable bonds is 4. The Kier molecular flexibility index (Phi) is 4.74. The number of ether oxygens (including phenoxy) is 2. The van der Waals surface area contributed by atoms with Gasteiger partial charge in [-0.2, -0.15) is 0 Å². The van der Waals surface area contributed by atoms with Crippen molar-refractivity contribution in [2.75, 3.05) is 33.9 Å². The molecule has 1 saturated heterocycles. The monoisotopic (exact) mass is 229 g/mol. The molecule has 0 radical (unpaired) electrons.